The molecular weight excluding hydrogens is 270 g/mol. The van der Waals surface area contributed by atoms with Gasteiger partial charge in [-0.2, -0.15) is 0 Å². The SMILES string of the molecule is CC/C=C1\CCC2(C3C=CC=CC3)CC1CC(C)(C(N)=O)C2. The molecule has 2 N–H and O–H groups in total. The molecule has 3 aliphatic rings. The Balaban J connectivity index is 1.95. The van der Waals surface area contributed by atoms with E-state index in [4.69, 9.17) is 5.73 Å². The summed E-state index contributed by atoms with van der Waals surface area (Å²) in [5.74, 6) is 1.02. The van der Waals surface area contributed by atoms with Gasteiger partial charge in [0.2, 0.25) is 5.91 Å². The summed E-state index contributed by atoms with van der Waals surface area (Å²) >= 11 is 0. The Labute approximate surface area is 134 Å². The van der Waals surface area contributed by atoms with Crippen LogP contribution in [0, 0.1) is 22.7 Å². The van der Waals surface area contributed by atoms with Gasteiger partial charge in [-0.3, -0.25) is 4.79 Å². The first kappa shape index (κ1) is 15.6. The van der Waals surface area contributed by atoms with Gasteiger partial charge in [0, 0.05) is 5.41 Å². The normalized spacial score (nSPS) is 42.5. The topological polar surface area (TPSA) is 43.1 Å². The Hall–Kier alpha value is -1.31. The Morgan fingerprint density at radius 1 is 1.41 bits per heavy atom. The number of carbonyl (C=O) groups is 1. The lowest BCUT2D eigenvalue weighted by Gasteiger charge is -2.55. The molecule has 120 valence electrons. The van der Waals surface area contributed by atoms with E-state index in [2.05, 4.69) is 44.2 Å². The van der Waals surface area contributed by atoms with Gasteiger partial charge in [-0.15, -0.1) is 0 Å². The van der Waals surface area contributed by atoms with E-state index in [0.717, 1.165) is 25.7 Å². The third kappa shape index (κ3) is 2.57. The third-order valence-electron chi connectivity index (χ3n) is 6.36. The van der Waals surface area contributed by atoms with Crippen LogP contribution in [0.1, 0.15) is 58.8 Å². The van der Waals surface area contributed by atoms with E-state index in [1.165, 1.54) is 19.3 Å². The van der Waals surface area contributed by atoms with E-state index in [1.807, 2.05) is 0 Å². The lowest BCUT2D eigenvalue weighted by Crippen LogP contribution is -2.50. The van der Waals surface area contributed by atoms with Crippen LogP contribution in [0.5, 0.6) is 0 Å². The molecule has 0 heterocycles. The molecule has 2 saturated carbocycles. The molecule has 1 amide bonds. The molecule has 0 aromatic heterocycles. The maximum atomic E-state index is 12.2. The predicted octanol–water partition coefficient (Wildman–Crippen LogP) is 4.53. The number of hydrogen-bond donors (Lipinski definition) is 1. The maximum absolute atomic E-state index is 12.2. The van der Waals surface area contributed by atoms with Crippen molar-refractivity contribution >= 4 is 5.91 Å². The summed E-state index contributed by atoms with van der Waals surface area (Å²) in [6.07, 6.45) is 19.2. The highest BCUT2D eigenvalue weighted by atomic mass is 16.1. The minimum atomic E-state index is -0.342. The van der Waals surface area contributed by atoms with Crippen molar-refractivity contribution in [2.45, 2.75) is 58.8 Å². The van der Waals surface area contributed by atoms with Gasteiger partial charge in [0.05, 0.1) is 0 Å². The van der Waals surface area contributed by atoms with Crippen LogP contribution in [0.3, 0.4) is 0 Å². The Morgan fingerprint density at radius 2 is 2.23 bits per heavy atom. The van der Waals surface area contributed by atoms with E-state index in [-0.39, 0.29) is 16.7 Å². The number of rotatable bonds is 3. The molecule has 0 spiro atoms. The molecule has 3 aliphatic carbocycles. The Bertz CT molecular complexity index is 544. The largest absolute Gasteiger partial charge is 0.369 e. The van der Waals surface area contributed by atoms with Gasteiger partial charge in [-0.1, -0.05) is 49.8 Å². The first-order chi connectivity index (χ1) is 10.5. The van der Waals surface area contributed by atoms with Crippen molar-refractivity contribution in [3.8, 4) is 0 Å². The van der Waals surface area contributed by atoms with Crippen molar-refractivity contribution < 1.29 is 4.79 Å². The van der Waals surface area contributed by atoms with Gasteiger partial charge in [0.1, 0.15) is 0 Å². The Morgan fingerprint density at radius 3 is 2.86 bits per heavy atom. The average molecular weight is 299 g/mol. The summed E-state index contributed by atoms with van der Waals surface area (Å²) in [7, 11) is 0. The standard InChI is InChI=1S/C20H29NO/c1-3-7-15-10-11-20(17-8-5-4-6-9-17)13-16(15)12-19(2,14-20)18(21)22/h4-8,16-17H,3,9-14H2,1-2H3,(H2,21,22)/b15-7+. The van der Waals surface area contributed by atoms with Gasteiger partial charge in [0.25, 0.3) is 0 Å². The zero-order valence-electron chi connectivity index (χ0n) is 14.0. The number of amides is 1. The van der Waals surface area contributed by atoms with Crippen LogP contribution in [0.15, 0.2) is 36.0 Å². The van der Waals surface area contributed by atoms with Crippen LogP contribution in [0.2, 0.25) is 0 Å². The molecule has 4 atom stereocenters. The van der Waals surface area contributed by atoms with Crippen LogP contribution < -0.4 is 5.73 Å². The van der Waals surface area contributed by atoms with Gasteiger partial charge in [0.15, 0.2) is 0 Å². The van der Waals surface area contributed by atoms with Crippen molar-refractivity contribution in [1.82, 2.24) is 0 Å². The zero-order valence-corrected chi connectivity index (χ0v) is 14.0. The van der Waals surface area contributed by atoms with Crippen LogP contribution in [0.25, 0.3) is 0 Å². The number of fused-ring (bicyclic) bond motifs is 2. The van der Waals surface area contributed by atoms with Gasteiger partial charge in [-0.25, -0.2) is 0 Å². The van der Waals surface area contributed by atoms with Crippen LogP contribution >= 0.6 is 0 Å². The van der Waals surface area contributed by atoms with Crippen molar-refractivity contribution in [1.29, 1.82) is 0 Å². The highest BCUT2D eigenvalue weighted by Gasteiger charge is 2.53. The van der Waals surface area contributed by atoms with Crippen LogP contribution in [-0.2, 0) is 4.79 Å². The molecule has 22 heavy (non-hydrogen) atoms. The highest BCUT2D eigenvalue weighted by molar-refractivity contribution is 5.80. The number of carbonyl (C=O) groups excluding carboxylic acids is 1. The molecule has 2 bridgehead atoms. The van der Waals surface area contributed by atoms with Crippen molar-refractivity contribution in [3.05, 3.63) is 36.0 Å². The molecule has 2 nitrogen and oxygen atoms in total. The molecular formula is C20H29NO. The minimum Gasteiger partial charge on any atom is -0.369 e. The molecule has 0 aromatic rings. The quantitative estimate of drug-likeness (QED) is 0.765. The predicted molar refractivity (Wildman–Crippen MR) is 91.1 cm³/mol. The van der Waals surface area contributed by atoms with E-state index < -0.39 is 0 Å². The first-order valence-electron chi connectivity index (χ1n) is 8.81. The zero-order chi connectivity index (χ0) is 15.8. The number of allylic oxidation sites excluding steroid dienone is 6. The second-order valence-corrected chi connectivity index (χ2v) is 7.91. The molecule has 0 aromatic carbocycles. The molecule has 4 unspecified atom stereocenters. The summed E-state index contributed by atoms with van der Waals surface area (Å²) in [6, 6.07) is 0. The lowest BCUT2D eigenvalue weighted by atomic mass is 9.48. The van der Waals surface area contributed by atoms with E-state index in [9.17, 15) is 4.79 Å². The van der Waals surface area contributed by atoms with E-state index in [0.29, 0.717) is 11.8 Å². The second-order valence-electron chi connectivity index (χ2n) is 7.91. The summed E-state index contributed by atoms with van der Waals surface area (Å²) in [4.78, 5) is 12.2. The number of hydrogen-bond acceptors (Lipinski definition) is 1. The van der Waals surface area contributed by atoms with Crippen molar-refractivity contribution in [3.63, 3.8) is 0 Å². The monoisotopic (exact) mass is 299 g/mol. The maximum Gasteiger partial charge on any atom is 0.223 e. The molecule has 0 saturated heterocycles. The van der Waals surface area contributed by atoms with Crippen molar-refractivity contribution in [2.75, 3.05) is 0 Å². The summed E-state index contributed by atoms with van der Waals surface area (Å²) in [5, 5.41) is 0. The molecule has 3 rings (SSSR count). The van der Waals surface area contributed by atoms with Crippen LogP contribution in [-0.4, -0.2) is 5.91 Å². The number of primary amides is 1. The fourth-order valence-corrected chi connectivity index (χ4v) is 5.30. The Kier molecular flexibility index (Phi) is 4.05. The third-order valence-corrected chi connectivity index (χ3v) is 6.36. The van der Waals surface area contributed by atoms with E-state index in [1.54, 1.807) is 5.57 Å². The van der Waals surface area contributed by atoms with E-state index >= 15 is 0 Å². The summed E-state index contributed by atoms with van der Waals surface area (Å²) in [6.45, 7) is 4.31. The first-order valence-corrected chi connectivity index (χ1v) is 8.81. The molecule has 2 heteroatoms. The van der Waals surface area contributed by atoms with Crippen molar-refractivity contribution in [2.24, 2.45) is 28.4 Å². The summed E-state index contributed by atoms with van der Waals surface area (Å²) < 4.78 is 0. The van der Waals surface area contributed by atoms with Gasteiger partial charge >= 0.3 is 0 Å². The number of nitrogens with two attached hydrogens (primary N) is 1. The fourth-order valence-electron chi connectivity index (χ4n) is 5.30. The highest BCUT2D eigenvalue weighted by Crippen LogP contribution is 2.61. The average Bonchev–Trinajstić information content (AvgIpc) is 2.51. The summed E-state index contributed by atoms with van der Waals surface area (Å²) in [5.41, 5.74) is 7.33. The fraction of sp³-hybridized carbons (Fsp3) is 0.650. The van der Waals surface area contributed by atoms with Gasteiger partial charge < -0.3 is 5.73 Å². The van der Waals surface area contributed by atoms with Gasteiger partial charge in [-0.05, 0) is 62.2 Å². The minimum absolute atomic E-state index is 0.102. The molecule has 2 fully saturated rings. The van der Waals surface area contributed by atoms with Crippen LogP contribution in [0.4, 0.5) is 0 Å². The smallest absolute Gasteiger partial charge is 0.223 e. The lowest BCUT2D eigenvalue weighted by molar-refractivity contribution is -0.135. The molecule has 0 radical (unpaired) electrons. The molecule has 0 aliphatic heterocycles. The second kappa shape index (κ2) is 5.72.